The third-order valence-electron chi connectivity index (χ3n) is 4.19. The molecule has 0 fully saturated rings. The molecule has 0 saturated carbocycles. The van der Waals surface area contributed by atoms with E-state index in [4.69, 9.17) is 15.2 Å². The Balaban J connectivity index is 1.96. The van der Waals surface area contributed by atoms with E-state index >= 15 is 0 Å². The standard InChI is InChI=1S/C20H19N3O4/c1-12-16(11-14-5-4-6-17(26-2)18(14)27-3)20(25)23(22-12)15-9-7-13(8-10-15)19(21)24/h4-11H,1-3H3,(H2,21,24)/b16-11+. The lowest BCUT2D eigenvalue weighted by Gasteiger charge is -2.12. The molecule has 0 unspecified atom stereocenters. The van der Waals surface area contributed by atoms with Gasteiger partial charge in [0, 0.05) is 11.1 Å². The Morgan fingerprint density at radius 1 is 1.11 bits per heavy atom. The van der Waals surface area contributed by atoms with Crippen molar-refractivity contribution in [3.8, 4) is 11.5 Å². The molecule has 0 bridgehead atoms. The molecule has 0 radical (unpaired) electrons. The zero-order chi connectivity index (χ0) is 19.6. The molecular formula is C20H19N3O4. The first-order valence-corrected chi connectivity index (χ1v) is 8.19. The Kier molecular flexibility index (Phi) is 4.94. The second-order valence-electron chi connectivity index (χ2n) is 5.85. The lowest BCUT2D eigenvalue weighted by Crippen LogP contribution is -2.21. The molecule has 138 valence electrons. The van der Waals surface area contributed by atoms with Crippen molar-refractivity contribution in [2.24, 2.45) is 10.8 Å². The van der Waals surface area contributed by atoms with Crippen LogP contribution in [0.1, 0.15) is 22.8 Å². The lowest BCUT2D eigenvalue weighted by atomic mass is 10.1. The van der Waals surface area contributed by atoms with Crippen molar-refractivity contribution in [2.75, 3.05) is 19.2 Å². The minimum atomic E-state index is -0.528. The largest absolute Gasteiger partial charge is 0.493 e. The number of hydrogen-bond donors (Lipinski definition) is 1. The molecule has 0 spiro atoms. The third kappa shape index (κ3) is 3.39. The van der Waals surface area contributed by atoms with Crippen molar-refractivity contribution in [2.45, 2.75) is 6.92 Å². The maximum atomic E-state index is 12.9. The average Bonchev–Trinajstić information content (AvgIpc) is 2.96. The molecule has 3 rings (SSSR count). The molecule has 1 aliphatic heterocycles. The fraction of sp³-hybridized carbons (Fsp3) is 0.150. The van der Waals surface area contributed by atoms with Gasteiger partial charge in [0.15, 0.2) is 11.5 Å². The molecule has 7 nitrogen and oxygen atoms in total. The molecule has 27 heavy (non-hydrogen) atoms. The van der Waals surface area contributed by atoms with E-state index in [2.05, 4.69) is 5.10 Å². The van der Waals surface area contributed by atoms with Gasteiger partial charge in [-0.25, -0.2) is 0 Å². The smallest absolute Gasteiger partial charge is 0.280 e. The van der Waals surface area contributed by atoms with Crippen LogP contribution < -0.4 is 20.2 Å². The number of ether oxygens (including phenoxy) is 2. The zero-order valence-electron chi connectivity index (χ0n) is 15.2. The highest BCUT2D eigenvalue weighted by molar-refractivity contribution is 6.32. The Morgan fingerprint density at radius 2 is 1.81 bits per heavy atom. The van der Waals surface area contributed by atoms with Crippen LogP contribution in [0.3, 0.4) is 0 Å². The summed E-state index contributed by atoms with van der Waals surface area (Å²) in [5.74, 6) is 0.312. The number of rotatable bonds is 5. The highest BCUT2D eigenvalue weighted by Crippen LogP contribution is 2.33. The molecule has 2 N–H and O–H groups in total. The Morgan fingerprint density at radius 3 is 2.41 bits per heavy atom. The number of benzene rings is 2. The summed E-state index contributed by atoms with van der Waals surface area (Å²) in [5.41, 5.74) is 7.88. The number of amides is 2. The molecule has 0 aliphatic carbocycles. The quantitative estimate of drug-likeness (QED) is 0.824. The summed E-state index contributed by atoms with van der Waals surface area (Å²) in [5, 5.41) is 5.62. The van der Waals surface area contributed by atoms with E-state index in [-0.39, 0.29) is 5.91 Å². The van der Waals surface area contributed by atoms with E-state index in [1.165, 1.54) is 5.01 Å². The number of carbonyl (C=O) groups is 2. The van der Waals surface area contributed by atoms with Gasteiger partial charge in [-0.15, -0.1) is 0 Å². The monoisotopic (exact) mass is 365 g/mol. The van der Waals surface area contributed by atoms with Crippen LogP contribution in [0.4, 0.5) is 5.69 Å². The Bertz CT molecular complexity index is 962. The molecule has 1 aliphatic rings. The number of carbonyl (C=O) groups excluding carboxylic acids is 2. The SMILES string of the molecule is COc1cccc(/C=C2/C(=O)N(c3ccc(C(N)=O)cc3)N=C2C)c1OC. The fourth-order valence-electron chi connectivity index (χ4n) is 2.81. The minimum absolute atomic E-state index is 0.274. The normalized spacial score (nSPS) is 15.1. The van der Waals surface area contributed by atoms with Gasteiger partial charge in [0.1, 0.15) is 0 Å². The summed E-state index contributed by atoms with van der Waals surface area (Å²) in [7, 11) is 3.10. The van der Waals surface area contributed by atoms with Crippen LogP contribution in [0.15, 0.2) is 53.1 Å². The molecule has 7 heteroatoms. The van der Waals surface area contributed by atoms with Crippen LogP contribution in [0, 0.1) is 0 Å². The predicted octanol–water partition coefficient (Wildman–Crippen LogP) is 2.61. The maximum Gasteiger partial charge on any atom is 0.280 e. The van der Waals surface area contributed by atoms with E-state index in [1.54, 1.807) is 57.6 Å². The number of methoxy groups -OCH3 is 2. The second-order valence-corrected chi connectivity index (χ2v) is 5.85. The van der Waals surface area contributed by atoms with Gasteiger partial charge in [0.2, 0.25) is 5.91 Å². The summed E-state index contributed by atoms with van der Waals surface area (Å²) in [6, 6.07) is 11.8. The summed E-state index contributed by atoms with van der Waals surface area (Å²) >= 11 is 0. The van der Waals surface area contributed by atoms with Gasteiger partial charge in [-0.1, -0.05) is 12.1 Å². The third-order valence-corrected chi connectivity index (χ3v) is 4.19. The van der Waals surface area contributed by atoms with Crippen molar-refractivity contribution in [3.05, 3.63) is 59.2 Å². The molecule has 1 heterocycles. The number of hydrogen-bond acceptors (Lipinski definition) is 5. The second kappa shape index (κ2) is 7.33. The number of hydrazone groups is 1. The summed E-state index contributed by atoms with van der Waals surface area (Å²) in [4.78, 5) is 24.1. The fourth-order valence-corrected chi connectivity index (χ4v) is 2.81. The van der Waals surface area contributed by atoms with Crippen LogP contribution in [0.2, 0.25) is 0 Å². The highest BCUT2D eigenvalue weighted by atomic mass is 16.5. The zero-order valence-corrected chi connectivity index (χ0v) is 15.2. The van der Waals surface area contributed by atoms with E-state index in [9.17, 15) is 9.59 Å². The first kappa shape index (κ1) is 18.2. The van der Waals surface area contributed by atoms with E-state index in [0.717, 1.165) is 0 Å². The maximum absolute atomic E-state index is 12.9. The average molecular weight is 365 g/mol. The summed E-state index contributed by atoms with van der Waals surface area (Å²) in [6.45, 7) is 1.76. The van der Waals surface area contributed by atoms with E-state index < -0.39 is 5.91 Å². The van der Waals surface area contributed by atoms with Crippen LogP contribution in [-0.4, -0.2) is 31.7 Å². The highest BCUT2D eigenvalue weighted by Gasteiger charge is 2.29. The molecule has 0 atom stereocenters. The van der Waals surface area contributed by atoms with Gasteiger partial charge in [-0.05, 0) is 43.3 Å². The Hall–Kier alpha value is -3.61. The predicted molar refractivity (Wildman–Crippen MR) is 103 cm³/mol. The van der Waals surface area contributed by atoms with Gasteiger partial charge < -0.3 is 15.2 Å². The van der Waals surface area contributed by atoms with Gasteiger partial charge in [0.25, 0.3) is 5.91 Å². The molecular weight excluding hydrogens is 346 g/mol. The number of para-hydroxylation sites is 1. The van der Waals surface area contributed by atoms with Gasteiger partial charge in [-0.2, -0.15) is 10.1 Å². The summed E-state index contributed by atoms with van der Waals surface area (Å²) in [6.07, 6.45) is 1.72. The van der Waals surface area contributed by atoms with Crippen molar-refractivity contribution < 1.29 is 19.1 Å². The minimum Gasteiger partial charge on any atom is -0.493 e. The molecule has 2 aromatic rings. The van der Waals surface area contributed by atoms with Gasteiger partial charge in [-0.3, -0.25) is 9.59 Å². The van der Waals surface area contributed by atoms with Crippen molar-refractivity contribution in [1.82, 2.24) is 0 Å². The molecule has 2 amide bonds. The van der Waals surface area contributed by atoms with Crippen molar-refractivity contribution in [3.63, 3.8) is 0 Å². The number of nitrogens with zero attached hydrogens (tertiary/aromatic N) is 2. The Labute approximate surface area is 156 Å². The molecule has 0 aromatic heterocycles. The molecule has 0 saturated heterocycles. The first-order chi connectivity index (χ1) is 13.0. The van der Waals surface area contributed by atoms with Gasteiger partial charge in [0.05, 0.1) is 31.2 Å². The van der Waals surface area contributed by atoms with Crippen LogP contribution >= 0.6 is 0 Å². The van der Waals surface area contributed by atoms with E-state index in [0.29, 0.717) is 39.6 Å². The van der Waals surface area contributed by atoms with Crippen LogP contribution in [0.25, 0.3) is 6.08 Å². The van der Waals surface area contributed by atoms with Crippen LogP contribution in [0.5, 0.6) is 11.5 Å². The number of nitrogens with two attached hydrogens (primary N) is 1. The van der Waals surface area contributed by atoms with E-state index in [1.807, 2.05) is 12.1 Å². The van der Waals surface area contributed by atoms with Crippen molar-refractivity contribution >= 4 is 29.3 Å². The lowest BCUT2D eigenvalue weighted by molar-refractivity contribution is -0.114. The number of anilines is 1. The number of primary amides is 1. The molecule has 2 aromatic carbocycles. The summed E-state index contributed by atoms with van der Waals surface area (Å²) < 4.78 is 10.7. The van der Waals surface area contributed by atoms with Gasteiger partial charge >= 0.3 is 0 Å². The van der Waals surface area contributed by atoms with Crippen LogP contribution in [-0.2, 0) is 4.79 Å². The first-order valence-electron chi connectivity index (χ1n) is 8.19. The topological polar surface area (TPSA) is 94.2 Å². The van der Waals surface area contributed by atoms with Crippen molar-refractivity contribution in [1.29, 1.82) is 0 Å².